The number of hydrogen-bond donors (Lipinski definition) is 1. The van der Waals surface area contributed by atoms with Gasteiger partial charge in [0.1, 0.15) is 12.2 Å². The summed E-state index contributed by atoms with van der Waals surface area (Å²) in [5, 5.41) is 2.85. The predicted molar refractivity (Wildman–Crippen MR) is 149 cm³/mol. The van der Waals surface area contributed by atoms with Crippen molar-refractivity contribution in [3.8, 4) is 0 Å². The molecule has 1 aliphatic carbocycles. The number of amides is 1. The second-order valence-electron chi connectivity index (χ2n) is 9.47. The molecule has 0 aromatic heterocycles. The van der Waals surface area contributed by atoms with Gasteiger partial charge in [-0.2, -0.15) is 0 Å². The Morgan fingerprint density at radius 1 is 0.684 bits per heavy atom. The van der Waals surface area contributed by atoms with E-state index in [0.29, 0.717) is 26.2 Å². The Morgan fingerprint density at radius 2 is 1.11 bits per heavy atom. The van der Waals surface area contributed by atoms with Crippen LogP contribution in [-0.2, 0) is 43.6 Å². The zero-order valence-corrected chi connectivity index (χ0v) is 22.6. The molecule has 1 fully saturated rings. The Hall–Kier alpha value is -2.97. The lowest BCUT2D eigenvalue weighted by Crippen LogP contribution is -2.62. The molecule has 1 amide bonds. The number of hydrogen-bond acceptors (Lipinski definition) is 6. The quantitative estimate of drug-likeness (QED) is 0.361. The van der Waals surface area contributed by atoms with Crippen molar-refractivity contribution >= 4 is 22.8 Å². The highest BCUT2D eigenvalue weighted by molar-refractivity contribution is 8.14. The molecule has 7 heteroatoms. The smallest absolute Gasteiger partial charge is 0.217 e. The highest BCUT2D eigenvalue weighted by atomic mass is 32.2. The van der Waals surface area contributed by atoms with Crippen molar-refractivity contribution in [2.24, 2.45) is 0 Å². The van der Waals surface area contributed by atoms with E-state index in [9.17, 15) is 9.59 Å². The van der Waals surface area contributed by atoms with Gasteiger partial charge in [-0.1, -0.05) is 103 Å². The molecule has 0 aliphatic heterocycles. The maximum Gasteiger partial charge on any atom is 0.217 e. The monoisotopic (exact) mass is 533 g/mol. The van der Waals surface area contributed by atoms with Gasteiger partial charge in [-0.25, -0.2) is 0 Å². The van der Waals surface area contributed by atoms with Crippen molar-refractivity contribution in [2.75, 3.05) is 0 Å². The lowest BCUT2D eigenvalue weighted by molar-refractivity contribution is -0.177. The van der Waals surface area contributed by atoms with Gasteiger partial charge < -0.3 is 19.5 Å². The molecule has 0 saturated heterocycles. The third kappa shape index (κ3) is 8.27. The Labute approximate surface area is 229 Å². The van der Waals surface area contributed by atoms with Gasteiger partial charge in [0.2, 0.25) is 5.91 Å². The molecular formula is C31H35NO5S. The van der Waals surface area contributed by atoms with Gasteiger partial charge in [0.05, 0.1) is 32.0 Å². The van der Waals surface area contributed by atoms with E-state index in [1.54, 1.807) is 6.92 Å². The molecule has 5 atom stereocenters. The van der Waals surface area contributed by atoms with Crippen molar-refractivity contribution in [1.29, 1.82) is 0 Å². The predicted octanol–water partition coefficient (Wildman–Crippen LogP) is 5.30. The molecule has 1 saturated carbocycles. The van der Waals surface area contributed by atoms with Crippen LogP contribution in [0.4, 0.5) is 0 Å². The number of carbonyl (C=O) groups excluding carboxylic acids is 2. The van der Waals surface area contributed by atoms with Crippen molar-refractivity contribution in [2.45, 2.75) is 69.7 Å². The maximum absolute atomic E-state index is 12.3. The molecule has 200 valence electrons. The first-order chi connectivity index (χ1) is 18.5. The molecule has 1 aliphatic rings. The second-order valence-corrected chi connectivity index (χ2v) is 10.9. The number of carbonyl (C=O) groups is 2. The minimum atomic E-state index is -0.523. The van der Waals surface area contributed by atoms with Crippen LogP contribution < -0.4 is 5.32 Å². The summed E-state index contributed by atoms with van der Waals surface area (Å²) in [5.74, 6) is -0.152. The molecule has 0 unspecified atom stereocenters. The largest absolute Gasteiger partial charge is 0.370 e. The first-order valence-electron chi connectivity index (χ1n) is 12.9. The van der Waals surface area contributed by atoms with Gasteiger partial charge in [-0.15, -0.1) is 0 Å². The highest BCUT2D eigenvalue weighted by Gasteiger charge is 2.48. The molecule has 38 heavy (non-hydrogen) atoms. The zero-order chi connectivity index (χ0) is 26.7. The summed E-state index contributed by atoms with van der Waals surface area (Å²) >= 11 is 1.24. The van der Waals surface area contributed by atoms with Crippen LogP contribution >= 0.6 is 11.8 Å². The summed E-state index contributed by atoms with van der Waals surface area (Å²) in [6.07, 6.45) is -0.912. The molecule has 3 aromatic rings. The summed E-state index contributed by atoms with van der Waals surface area (Å²) < 4.78 is 19.6. The topological polar surface area (TPSA) is 73.9 Å². The van der Waals surface area contributed by atoms with Crippen LogP contribution in [0.5, 0.6) is 0 Å². The van der Waals surface area contributed by atoms with Crippen LogP contribution in [-0.4, -0.2) is 40.6 Å². The highest BCUT2D eigenvalue weighted by Crippen LogP contribution is 2.36. The minimum Gasteiger partial charge on any atom is -0.370 e. The number of thioether (sulfide) groups is 1. The third-order valence-corrected chi connectivity index (χ3v) is 7.55. The van der Waals surface area contributed by atoms with E-state index in [1.165, 1.54) is 18.7 Å². The van der Waals surface area contributed by atoms with Crippen LogP contribution in [0, 0.1) is 0 Å². The van der Waals surface area contributed by atoms with Crippen LogP contribution in [0.25, 0.3) is 0 Å². The summed E-state index contributed by atoms with van der Waals surface area (Å²) in [7, 11) is 0. The summed E-state index contributed by atoms with van der Waals surface area (Å²) in [5.41, 5.74) is 3.08. The van der Waals surface area contributed by atoms with E-state index in [4.69, 9.17) is 14.2 Å². The molecular weight excluding hydrogens is 498 g/mol. The fourth-order valence-electron chi connectivity index (χ4n) is 4.78. The zero-order valence-electron chi connectivity index (χ0n) is 21.8. The standard InChI is InChI=1S/C31H35NO5S/c1-22(33)32-27-18-28(38-23(2)34)30(36-20-25-14-8-4-9-15-25)31(37-21-26-16-10-5-11-17-26)29(27)35-19-24-12-6-3-7-13-24/h3-17,27-31H,18-21H2,1-2H3,(H,32,33)/t27-,28+,29+,30-,31-/m0/s1. The molecule has 1 N–H and O–H groups in total. The summed E-state index contributed by atoms with van der Waals surface area (Å²) in [4.78, 5) is 24.5. The molecule has 4 rings (SSSR count). The maximum atomic E-state index is 12.3. The Kier molecular flexibility index (Phi) is 10.5. The van der Waals surface area contributed by atoms with Gasteiger partial charge in [0, 0.05) is 19.1 Å². The average Bonchev–Trinajstić information content (AvgIpc) is 2.92. The number of benzene rings is 3. The molecule has 3 aromatic carbocycles. The average molecular weight is 534 g/mol. The minimum absolute atomic E-state index is 0.00431. The van der Waals surface area contributed by atoms with Gasteiger partial charge in [-0.3, -0.25) is 9.59 Å². The number of ether oxygens (including phenoxy) is 3. The third-order valence-electron chi connectivity index (χ3n) is 6.46. The van der Waals surface area contributed by atoms with Crippen molar-refractivity contribution in [3.05, 3.63) is 108 Å². The van der Waals surface area contributed by atoms with Gasteiger partial charge in [0.25, 0.3) is 0 Å². The van der Waals surface area contributed by atoms with E-state index in [0.717, 1.165) is 16.7 Å². The van der Waals surface area contributed by atoms with E-state index in [2.05, 4.69) is 5.32 Å². The van der Waals surface area contributed by atoms with Crippen LogP contribution in [0.2, 0.25) is 0 Å². The van der Waals surface area contributed by atoms with Crippen molar-refractivity contribution in [1.82, 2.24) is 5.32 Å². The Balaban J connectivity index is 1.64. The Bertz CT molecular complexity index is 1080. The SMILES string of the molecule is CC(=O)N[C@H]1C[C@@H](SC(C)=O)[C@H](OCc2ccccc2)[C@@H](OCc2ccccc2)[C@@H]1OCc1ccccc1. The number of nitrogens with one attached hydrogen (secondary N) is 1. The van der Waals surface area contributed by atoms with Crippen LogP contribution in [0.15, 0.2) is 91.0 Å². The fraction of sp³-hybridized carbons (Fsp3) is 0.355. The fourth-order valence-corrected chi connectivity index (χ4v) is 5.88. The molecule has 0 heterocycles. The van der Waals surface area contributed by atoms with Crippen LogP contribution in [0.1, 0.15) is 37.0 Å². The Morgan fingerprint density at radius 3 is 1.53 bits per heavy atom. The normalized spacial score (nSPS) is 23.1. The first-order valence-corrected chi connectivity index (χ1v) is 13.8. The molecule has 0 radical (unpaired) electrons. The lowest BCUT2D eigenvalue weighted by atomic mass is 9.86. The van der Waals surface area contributed by atoms with Gasteiger partial charge >= 0.3 is 0 Å². The van der Waals surface area contributed by atoms with E-state index in [-0.39, 0.29) is 22.3 Å². The van der Waals surface area contributed by atoms with E-state index in [1.807, 2.05) is 91.0 Å². The van der Waals surface area contributed by atoms with E-state index < -0.39 is 18.3 Å². The van der Waals surface area contributed by atoms with Crippen molar-refractivity contribution < 1.29 is 23.8 Å². The first kappa shape index (κ1) is 28.0. The van der Waals surface area contributed by atoms with Gasteiger partial charge in [-0.05, 0) is 23.1 Å². The second kappa shape index (κ2) is 14.3. The van der Waals surface area contributed by atoms with Gasteiger partial charge in [0.15, 0.2) is 5.12 Å². The lowest BCUT2D eigenvalue weighted by Gasteiger charge is -2.46. The number of rotatable bonds is 11. The van der Waals surface area contributed by atoms with E-state index >= 15 is 0 Å². The molecule has 0 bridgehead atoms. The van der Waals surface area contributed by atoms with Crippen molar-refractivity contribution in [3.63, 3.8) is 0 Å². The molecule has 0 spiro atoms. The summed E-state index contributed by atoms with van der Waals surface area (Å²) in [6.45, 7) is 4.15. The summed E-state index contributed by atoms with van der Waals surface area (Å²) in [6, 6.07) is 29.5. The van der Waals surface area contributed by atoms with Crippen LogP contribution in [0.3, 0.4) is 0 Å². The molecule has 6 nitrogen and oxygen atoms in total.